The lowest BCUT2D eigenvalue weighted by atomic mass is 9.80. The van der Waals surface area contributed by atoms with Crippen LogP contribution in [0.15, 0.2) is 17.1 Å². The van der Waals surface area contributed by atoms with E-state index in [9.17, 15) is 59.6 Å². The third-order valence-corrected chi connectivity index (χ3v) is 7.78. The highest BCUT2D eigenvalue weighted by molar-refractivity contribution is 7.47. The zero-order chi connectivity index (χ0) is 31.6. The number of carboxylic acid groups (broad SMARTS) is 1. The first-order valence-electron chi connectivity index (χ1n) is 12.4. The third kappa shape index (κ3) is 7.37. The van der Waals surface area contributed by atoms with Crippen LogP contribution < -0.4 is 17.2 Å². The quantitative estimate of drug-likeness (QED) is 0.0912. The largest absolute Gasteiger partial charge is 0.477 e. The van der Waals surface area contributed by atoms with Crippen LogP contribution in [0, 0.1) is 5.92 Å². The van der Waals surface area contributed by atoms with Crippen molar-refractivity contribution in [1.82, 2.24) is 9.55 Å². The number of aliphatic carboxylic acids is 1. The molecule has 2 saturated heterocycles. The predicted octanol–water partition coefficient (Wildman–Crippen LogP) is -5.24. The molecule has 12 N–H and O–H groups in total. The number of carbonyl (C=O) groups excluding carboxylic acids is 1. The molecule has 1 aromatic heterocycles. The summed E-state index contributed by atoms with van der Waals surface area (Å²) in [6.45, 7) is -2.56. The van der Waals surface area contributed by atoms with Gasteiger partial charge in [0.05, 0.1) is 32.0 Å². The number of aromatic nitrogens is 2. The Bertz CT molecular complexity index is 1230. The van der Waals surface area contributed by atoms with E-state index in [1.807, 2.05) is 0 Å². The first-order valence-corrected chi connectivity index (χ1v) is 13.9. The van der Waals surface area contributed by atoms with Crippen LogP contribution in [0.1, 0.15) is 19.1 Å². The minimum Gasteiger partial charge on any atom is -0.477 e. The van der Waals surface area contributed by atoms with Crippen molar-refractivity contribution in [3.8, 4) is 0 Å². The number of carboxylic acids is 1. The molecule has 0 aromatic carbocycles. The molecule has 21 heteroatoms. The number of aliphatic hydroxyl groups is 6. The van der Waals surface area contributed by atoms with Gasteiger partial charge in [-0.3, -0.25) is 13.9 Å². The first-order chi connectivity index (χ1) is 19.6. The minimum atomic E-state index is -5.52. The van der Waals surface area contributed by atoms with E-state index in [0.29, 0.717) is 0 Å². The minimum absolute atomic E-state index is 0.136. The van der Waals surface area contributed by atoms with E-state index < -0.39 is 119 Å². The zero-order valence-corrected chi connectivity index (χ0v) is 22.6. The Balaban J connectivity index is 1.79. The van der Waals surface area contributed by atoms with Crippen molar-refractivity contribution in [3.63, 3.8) is 0 Å². The number of phosphoric ester groups is 1. The molecule has 0 aliphatic carbocycles. The molecule has 0 saturated carbocycles. The first kappa shape index (κ1) is 34.1. The number of phosphoric acid groups is 1. The highest BCUT2D eigenvalue weighted by Gasteiger charge is 2.58. The number of hydrogen-bond acceptors (Lipinski definition) is 17. The topological polar surface area (TPSA) is 337 Å². The Morgan fingerprint density at radius 1 is 1.26 bits per heavy atom. The third-order valence-electron chi connectivity index (χ3n) is 6.78. The molecule has 11 atom stereocenters. The highest BCUT2D eigenvalue weighted by Crippen LogP contribution is 2.52. The van der Waals surface area contributed by atoms with Gasteiger partial charge in [-0.25, -0.2) is 18.7 Å². The van der Waals surface area contributed by atoms with E-state index in [2.05, 4.69) is 4.98 Å². The number of ketones is 1. The number of aliphatic hydroxyl groups excluding tert-OH is 6. The predicted molar refractivity (Wildman–Crippen MR) is 133 cm³/mol. The maximum absolute atomic E-state index is 12.8. The molecule has 0 radical (unpaired) electrons. The molecule has 0 amide bonds. The molecule has 3 rings (SSSR count). The molecule has 7 unspecified atom stereocenters. The SMILES string of the molecule is NCC(=O)CC1C(O)CC(OP(=O)(O)OC[C@H]2O[C@@H](n3ccc(N)nc3=O)C(O)[C@H]2O)(C(=O)O)OC1C(O)[C@H](O)CO. The van der Waals surface area contributed by atoms with Gasteiger partial charge in [-0.2, -0.15) is 4.98 Å². The molecule has 0 spiro atoms. The van der Waals surface area contributed by atoms with Crippen molar-refractivity contribution in [2.24, 2.45) is 11.7 Å². The molecule has 2 fully saturated rings. The van der Waals surface area contributed by atoms with Crippen molar-refractivity contribution in [3.05, 3.63) is 22.7 Å². The van der Waals surface area contributed by atoms with Crippen molar-refractivity contribution in [1.29, 1.82) is 0 Å². The second-order valence-corrected chi connectivity index (χ2v) is 11.1. The Morgan fingerprint density at radius 2 is 1.93 bits per heavy atom. The summed E-state index contributed by atoms with van der Waals surface area (Å²) in [5.41, 5.74) is 9.75. The number of carbonyl (C=O) groups is 2. The molecular formula is C21H33N4O16P. The highest BCUT2D eigenvalue weighted by atomic mass is 31.2. The van der Waals surface area contributed by atoms with Crippen molar-refractivity contribution in [2.75, 3.05) is 25.5 Å². The van der Waals surface area contributed by atoms with E-state index in [1.54, 1.807) is 0 Å². The number of rotatable bonds is 13. The van der Waals surface area contributed by atoms with E-state index >= 15 is 0 Å². The van der Waals surface area contributed by atoms with Gasteiger partial charge in [-0.1, -0.05) is 0 Å². The Kier molecular flexibility index (Phi) is 10.9. The Labute approximate surface area is 236 Å². The van der Waals surface area contributed by atoms with Gasteiger partial charge in [-0.05, 0) is 6.07 Å². The summed E-state index contributed by atoms with van der Waals surface area (Å²) in [5, 5.41) is 70.9. The maximum Gasteiger partial charge on any atom is 0.475 e. The van der Waals surface area contributed by atoms with Crippen LogP contribution in [0.4, 0.5) is 5.82 Å². The van der Waals surface area contributed by atoms with Gasteiger partial charge in [0, 0.05) is 25.0 Å². The average Bonchev–Trinajstić information content (AvgIpc) is 3.20. The lowest BCUT2D eigenvalue weighted by Gasteiger charge is -2.46. The molecule has 1 aromatic rings. The molecule has 0 bridgehead atoms. The van der Waals surface area contributed by atoms with E-state index in [0.717, 1.165) is 10.8 Å². The second kappa shape index (κ2) is 13.5. The lowest BCUT2D eigenvalue weighted by Crippen LogP contribution is -2.62. The number of nitrogens with zero attached hydrogens (tertiary/aromatic N) is 2. The molecule has 3 heterocycles. The van der Waals surface area contributed by atoms with Gasteiger partial charge >= 0.3 is 19.5 Å². The van der Waals surface area contributed by atoms with E-state index in [-0.39, 0.29) is 5.82 Å². The van der Waals surface area contributed by atoms with Gasteiger partial charge < -0.3 is 61.6 Å². The molecule has 20 nitrogen and oxygen atoms in total. The summed E-state index contributed by atoms with van der Waals surface area (Å²) >= 11 is 0. The van der Waals surface area contributed by atoms with Crippen LogP contribution >= 0.6 is 7.82 Å². The van der Waals surface area contributed by atoms with Gasteiger partial charge in [0.15, 0.2) is 6.23 Å². The van der Waals surface area contributed by atoms with Crippen LogP contribution in [0.2, 0.25) is 0 Å². The summed E-state index contributed by atoms with van der Waals surface area (Å²) < 4.78 is 33.9. The van der Waals surface area contributed by atoms with Crippen LogP contribution in [0.3, 0.4) is 0 Å². The Hall–Kier alpha value is -2.43. The molecule has 2 aliphatic rings. The number of ether oxygens (including phenoxy) is 2. The van der Waals surface area contributed by atoms with E-state index in [1.165, 1.54) is 6.07 Å². The number of anilines is 1. The fourth-order valence-electron chi connectivity index (χ4n) is 4.58. The fraction of sp³-hybridized carbons (Fsp3) is 0.714. The normalized spacial score (nSPS) is 34.4. The number of hydrogen-bond donors (Lipinski definition) is 10. The number of nitrogen functional groups attached to an aromatic ring is 1. The van der Waals surface area contributed by atoms with Crippen molar-refractivity contribution >= 4 is 25.4 Å². The smallest absolute Gasteiger partial charge is 0.475 e. The molecule has 42 heavy (non-hydrogen) atoms. The number of nitrogens with two attached hydrogens (primary N) is 2. The monoisotopic (exact) mass is 628 g/mol. The van der Waals surface area contributed by atoms with Crippen LogP contribution in [-0.4, -0.2) is 130 Å². The molecule has 2 aliphatic heterocycles. The fourth-order valence-corrected chi connectivity index (χ4v) is 5.54. The summed E-state index contributed by atoms with van der Waals surface area (Å²) in [4.78, 5) is 50.1. The summed E-state index contributed by atoms with van der Waals surface area (Å²) in [6, 6.07) is 1.20. The second-order valence-electron chi connectivity index (χ2n) is 9.71. The van der Waals surface area contributed by atoms with Gasteiger partial charge in [-0.15, -0.1) is 0 Å². The van der Waals surface area contributed by atoms with Crippen LogP contribution in [-0.2, 0) is 32.7 Å². The maximum atomic E-state index is 12.8. The van der Waals surface area contributed by atoms with Gasteiger partial charge in [0.25, 0.3) is 5.79 Å². The molecule has 238 valence electrons. The van der Waals surface area contributed by atoms with Crippen molar-refractivity contribution < 1.29 is 73.3 Å². The summed E-state index contributed by atoms with van der Waals surface area (Å²) in [6.07, 6.45) is -15.0. The standard InChI is InChI=1S/C21H33N4O16P/c22-5-8(27)3-9-10(28)4-21(19(33)34,40-17(9)14(30)11(29)6-26)41-42(36,37)38-7-12-15(31)16(32)18(39-12)25-2-1-13(23)24-20(25)35/h1-2,9-12,14-18,26,28-32H,3-7,22H2,(H,33,34)(H,36,37)(H2,23,24,35)/t9?,10?,11-,12-,14?,15+,16?,17?,18-,21?/m1/s1. The number of Topliss-reactive ketones (excluding diaryl/α,β-unsaturated/α-hetero) is 1. The zero-order valence-electron chi connectivity index (χ0n) is 21.7. The Morgan fingerprint density at radius 3 is 2.50 bits per heavy atom. The van der Waals surface area contributed by atoms with E-state index in [4.69, 9.17) is 30.0 Å². The van der Waals surface area contributed by atoms with Crippen LogP contribution in [0.5, 0.6) is 0 Å². The van der Waals surface area contributed by atoms with Crippen molar-refractivity contribution in [2.45, 2.75) is 67.6 Å². The van der Waals surface area contributed by atoms with Gasteiger partial charge in [0.1, 0.15) is 42.1 Å². The van der Waals surface area contributed by atoms with Gasteiger partial charge in [0.2, 0.25) is 0 Å². The lowest BCUT2D eigenvalue weighted by molar-refractivity contribution is -0.298. The molecular weight excluding hydrogens is 595 g/mol. The summed E-state index contributed by atoms with van der Waals surface area (Å²) in [5.74, 6) is -7.46. The average molecular weight is 628 g/mol. The van der Waals surface area contributed by atoms with Crippen LogP contribution in [0.25, 0.3) is 0 Å². The summed E-state index contributed by atoms with van der Waals surface area (Å²) in [7, 11) is -5.52.